The van der Waals surface area contributed by atoms with Crippen molar-refractivity contribution in [2.24, 2.45) is 4.99 Å². The standard InChI is InChI=1S/C14H11N3OS2/c1-15-14-17-11(8-20-14)10-5-12(19-7-10)9-3-4-13(18-2)16-6-9/h3-8H,1H2,2H3. The highest BCUT2D eigenvalue weighted by Gasteiger charge is 2.08. The number of pyridine rings is 1. The zero-order valence-electron chi connectivity index (χ0n) is 10.7. The summed E-state index contributed by atoms with van der Waals surface area (Å²) < 4.78 is 5.06. The Bertz CT molecular complexity index is 731. The number of nitrogens with zero attached hydrogens (tertiary/aromatic N) is 3. The Kier molecular flexibility index (Phi) is 3.58. The van der Waals surface area contributed by atoms with E-state index < -0.39 is 0 Å². The van der Waals surface area contributed by atoms with Gasteiger partial charge in [-0.1, -0.05) is 0 Å². The fraction of sp³-hybridized carbons (Fsp3) is 0.0714. The first-order valence-electron chi connectivity index (χ1n) is 5.81. The summed E-state index contributed by atoms with van der Waals surface area (Å²) in [5.41, 5.74) is 3.09. The molecule has 0 spiro atoms. The van der Waals surface area contributed by atoms with Crippen LogP contribution in [0.25, 0.3) is 21.7 Å². The molecule has 0 aliphatic heterocycles. The Balaban J connectivity index is 1.90. The number of aromatic nitrogens is 2. The third kappa shape index (κ3) is 2.48. The second-order valence-corrected chi connectivity index (χ2v) is 5.71. The molecule has 0 aliphatic rings. The van der Waals surface area contributed by atoms with Crippen LogP contribution in [-0.4, -0.2) is 23.8 Å². The van der Waals surface area contributed by atoms with Crippen molar-refractivity contribution >= 4 is 34.5 Å². The minimum atomic E-state index is 0.617. The van der Waals surface area contributed by atoms with Gasteiger partial charge in [-0.05, 0) is 18.9 Å². The molecule has 0 unspecified atom stereocenters. The molecule has 0 aromatic carbocycles. The summed E-state index contributed by atoms with van der Waals surface area (Å²) in [5.74, 6) is 0.617. The smallest absolute Gasteiger partial charge is 0.212 e. The fourth-order valence-electron chi connectivity index (χ4n) is 1.74. The van der Waals surface area contributed by atoms with Gasteiger partial charge in [-0.15, -0.1) is 22.7 Å². The molecule has 3 rings (SSSR count). The quantitative estimate of drug-likeness (QED) is 0.676. The number of aliphatic imine (C=N–C) groups is 1. The van der Waals surface area contributed by atoms with Gasteiger partial charge in [0.25, 0.3) is 0 Å². The number of ether oxygens (including phenoxy) is 1. The second-order valence-electron chi connectivity index (χ2n) is 3.96. The van der Waals surface area contributed by atoms with Crippen LogP contribution in [0.3, 0.4) is 0 Å². The summed E-state index contributed by atoms with van der Waals surface area (Å²) in [6.45, 7) is 3.49. The van der Waals surface area contributed by atoms with E-state index in [4.69, 9.17) is 4.74 Å². The fourth-order valence-corrected chi connectivity index (χ4v) is 3.26. The first-order valence-corrected chi connectivity index (χ1v) is 7.57. The van der Waals surface area contributed by atoms with Crippen LogP contribution in [0.1, 0.15) is 0 Å². The van der Waals surface area contributed by atoms with Crippen molar-refractivity contribution in [1.82, 2.24) is 9.97 Å². The van der Waals surface area contributed by atoms with Crippen molar-refractivity contribution in [2.45, 2.75) is 0 Å². The molecule has 4 nitrogen and oxygen atoms in total. The lowest BCUT2D eigenvalue weighted by atomic mass is 10.2. The minimum absolute atomic E-state index is 0.617. The Morgan fingerprint density at radius 2 is 2.10 bits per heavy atom. The van der Waals surface area contributed by atoms with Gasteiger partial charge in [0, 0.05) is 39.0 Å². The Labute approximate surface area is 124 Å². The van der Waals surface area contributed by atoms with Crippen LogP contribution in [0, 0.1) is 0 Å². The third-order valence-electron chi connectivity index (χ3n) is 2.75. The number of hydrogen-bond donors (Lipinski definition) is 0. The van der Waals surface area contributed by atoms with Crippen LogP contribution in [-0.2, 0) is 0 Å². The highest BCUT2D eigenvalue weighted by atomic mass is 32.1. The van der Waals surface area contributed by atoms with E-state index in [1.165, 1.54) is 11.3 Å². The third-order valence-corrected chi connectivity index (χ3v) is 4.50. The molecule has 0 bridgehead atoms. The van der Waals surface area contributed by atoms with Gasteiger partial charge in [-0.2, -0.15) is 0 Å². The minimum Gasteiger partial charge on any atom is -0.481 e. The normalized spacial score (nSPS) is 10.4. The topological polar surface area (TPSA) is 47.4 Å². The van der Waals surface area contributed by atoms with Crippen LogP contribution in [0.4, 0.5) is 5.13 Å². The van der Waals surface area contributed by atoms with E-state index in [0.717, 1.165) is 21.7 Å². The maximum absolute atomic E-state index is 5.06. The van der Waals surface area contributed by atoms with Gasteiger partial charge < -0.3 is 4.74 Å². The first-order chi connectivity index (χ1) is 9.80. The van der Waals surface area contributed by atoms with Crippen LogP contribution in [0.2, 0.25) is 0 Å². The lowest BCUT2D eigenvalue weighted by Crippen LogP contribution is -1.86. The molecular formula is C14H11N3OS2. The van der Waals surface area contributed by atoms with Crippen LogP contribution in [0.15, 0.2) is 40.1 Å². The summed E-state index contributed by atoms with van der Waals surface area (Å²) in [4.78, 5) is 13.6. The molecule has 0 atom stereocenters. The highest BCUT2D eigenvalue weighted by molar-refractivity contribution is 7.14. The van der Waals surface area contributed by atoms with E-state index >= 15 is 0 Å². The molecule has 0 saturated heterocycles. The molecule has 3 heterocycles. The molecule has 0 fully saturated rings. The van der Waals surface area contributed by atoms with E-state index in [-0.39, 0.29) is 0 Å². The van der Waals surface area contributed by atoms with E-state index in [9.17, 15) is 0 Å². The van der Waals surface area contributed by atoms with Gasteiger partial charge in [0.2, 0.25) is 11.0 Å². The van der Waals surface area contributed by atoms with Crippen molar-refractivity contribution in [3.05, 3.63) is 35.2 Å². The molecule has 3 aromatic heterocycles. The number of thiazole rings is 1. The van der Waals surface area contributed by atoms with Crippen molar-refractivity contribution in [3.63, 3.8) is 0 Å². The molecule has 0 amide bonds. The molecule has 100 valence electrons. The van der Waals surface area contributed by atoms with E-state index in [0.29, 0.717) is 11.0 Å². The lowest BCUT2D eigenvalue weighted by molar-refractivity contribution is 0.398. The number of rotatable bonds is 4. The Morgan fingerprint density at radius 3 is 2.75 bits per heavy atom. The van der Waals surface area contributed by atoms with Gasteiger partial charge >= 0.3 is 0 Å². The van der Waals surface area contributed by atoms with E-state index in [1.807, 2.05) is 23.7 Å². The Hall–Kier alpha value is -2.05. The van der Waals surface area contributed by atoms with Crippen molar-refractivity contribution < 1.29 is 4.74 Å². The highest BCUT2D eigenvalue weighted by Crippen LogP contribution is 2.34. The zero-order valence-corrected chi connectivity index (χ0v) is 12.4. The zero-order chi connectivity index (χ0) is 13.9. The van der Waals surface area contributed by atoms with Gasteiger partial charge in [-0.25, -0.2) is 15.0 Å². The largest absolute Gasteiger partial charge is 0.481 e. The van der Waals surface area contributed by atoms with Crippen molar-refractivity contribution in [1.29, 1.82) is 0 Å². The monoisotopic (exact) mass is 301 g/mol. The van der Waals surface area contributed by atoms with E-state index in [1.54, 1.807) is 18.4 Å². The summed E-state index contributed by atoms with van der Waals surface area (Å²) >= 11 is 3.16. The number of hydrogen-bond acceptors (Lipinski definition) is 6. The first kappa shape index (κ1) is 13.0. The summed E-state index contributed by atoms with van der Waals surface area (Å²) in [6, 6.07) is 5.96. The molecular weight excluding hydrogens is 290 g/mol. The van der Waals surface area contributed by atoms with Gasteiger partial charge in [0.1, 0.15) is 0 Å². The molecule has 0 aliphatic carbocycles. The molecule has 3 aromatic rings. The van der Waals surface area contributed by atoms with Gasteiger partial charge in [-0.3, -0.25) is 0 Å². The SMILES string of the molecule is C=Nc1nc(-c2csc(-c3ccc(OC)nc3)c2)cs1. The number of thiophene rings is 1. The molecule has 20 heavy (non-hydrogen) atoms. The summed E-state index contributed by atoms with van der Waals surface area (Å²) in [7, 11) is 1.61. The van der Waals surface area contributed by atoms with Crippen LogP contribution in [0.5, 0.6) is 5.88 Å². The maximum Gasteiger partial charge on any atom is 0.212 e. The second kappa shape index (κ2) is 5.52. The van der Waals surface area contributed by atoms with Crippen molar-refractivity contribution in [2.75, 3.05) is 7.11 Å². The number of methoxy groups -OCH3 is 1. The van der Waals surface area contributed by atoms with Crippen LogP contribution >= 0.6 is 22.7 Å². The predicted molar refractivity (Wildman–Crippen MR) is 84.4 cm³/mol. The molecule has 0 radical (unpaired) electrons. The van der Waals surface area contributed by atoms with Gasteiger partial charge in [0.15, 0.2) is 0 Å². The molecule has 0 N–H and O–H groups in total. The summed E-state index contributed by atoms with van der Waals surface area (Å²) in [6.07, 6.45) is 1.81. The predicted octanol–water partition coefficient (Wildman–Crippen LogP) is 4.27. The van der Waals surface area contributed by atoms with Gasteiger partial charge in [0.05, 0.1) is 12.8 Å². The average molecular weight is 301 g/mol. The summed E-state index contributed by atoms with van der Waals surface area (Å²) in [5, 5.41) is 4.77. The maximum atomic E-state index is 5.06. The lowest BCUT2D eigenvalue weighted by Gasteiger charge is -1.99. The Morgan fingerprint density at radius 1 is 1.20 bits per heavy atom. The molecule has 0 saturated carbocycles. The molecule has 6 heteroatoms. The van der Waals surface area contributed by atoms with Crippen LogP contribution < -0.4 is 4.74 Å². The van der Waals surface area contributed by atoms with E-state index in [2.05, 4.69) is 33.1 Å². The van der Waals surface area contributed by atoms with Crippen molar-refractivity contribution in [3.8, 4) is 27.6 Å². The average Bonchev–Trinajstić information content (AvgIpc) is 3.16.